The number of benzene rings is 2. The molecule has 1 saturated carbocycles. The Labute approximate surface area is 176 Å². The predicted octanol–water partition coefficient (Wildman–Crippen LogP) is 2.62. The van der Waals surface area contributed by atoms with E-state index < -0.39 is 34.2 Å². The van der Waals surface area contributed by atoms with Crippen LogP contribution in [0.2, 0.25) is 0 Å². The first-order valence-corrected chi connectivity index (χ1v) is 9.78. The Hall–Kier alpha value is -3.82. The van der Waals surface area contributed by atoms with Gasteiger partial charge in [-0.05, 0) is 43.2 Å². The molecule has 1 aliphatic heterocycles. The molecule has 1 heterocycles. The van der Waals surface area contributed by atoms with Gasteiger partial charge in [0.15, 0.2) is 0 Å². The second kappa shape index (κ2) is 8.13. The summed E-state index contributed by atoms with van der Waals surface area (Å²) in [7, 11) is 0. The van der Waals surface area contributed by atoms with E-state index in [1.807, 2.05) is 0 Å². The van der Waals surface area contributed by atoms with Gasteiger partial charge in [-0.25, -0.2) is 0 Å². The minimum atomic E-state index is -1.000. The van der Waals surface area contributed by atoms with Crippen molar-refractivity contribution in [2.45, 2.75) is 25.3 Å². The fraction of sp³-hybridized carbons (Fsp3) is 0.286. The van der Waals surface area contributed by atoms with Crippen molar-refractivity contribution in [2.75, 3.05) is 16.8 Å². The largest absolute Gasteiger partial charge is 0.349 e. The van der Waals surface area contributed by atoms with Crippen molar-refractivity contribution in [3.63, 3.8) is 0 Å². The highest BCUT2D eigenvalue weighted by molar-refractivity contribution is 6.04. The molecule has 9 nitrogen and oxygen atoms in total. The molecule has 31 heavy (non-hydrogen) atoms. The monoisotopic (exact) mass is 426 g/mol. The molecule has 2 aromatic carbocycles. The van der Waals surface area contributed by atoms with Crippen LogP contribution in [0.4, 0.5) is 21.5 Å². The van der Waals surface area contributed by atoms with E-state index in [-0.39, 0.29) is 30.6 Å². The Morgan fingerprint density at radius 1 is 1.16 bits per heavy atom. The van der Waals surface area contributed by atoms with Crippen molar-refractivity contribution in [1.82, 2.24) is 5.32 Å². The number of amides is 3. The van der Waals surface area contributed by atoms with Gasteiger partial charge in [-0.1, -0.05) is 6.07 Å². The maximum absolute atomic E-state index is 13.6. The Morgan fingerprint density at radius 2 is 1.94 bits per heavy atom. The number of nitro groups is 1. The molecule has 1 saturated heterocycles. The summed E-state index contributed by atoms with van der Waals surface area (Å²) in [6, 6.07) is 9.89. The summed E-state index contributed by atoms with van der Waals surface area (Å²) in [6.07, 6.45) is 1.84. The minimum Gasteiger partial charge on any atom is -0.349 e. The third-order valence-electron chi connectivity index (χ3n) is 5.24. The van der Waals surface area contributed by atoms with E-state index in [4.69, 9.17) is 0 Å². The first-order valence-electron chi connectivity index (χ1n) is 9.78. The molecule has 0 aromatic heterocycles. The van der Waals surface area contributed by atoms with Crippen molar-refractivity contribution >= 4 is 34.8 Å². The number of hydrogen-bond donors (Lipinski definition) is 2. The van der Waals surface area contributed by atoms with Crippen molar-refractivity contribution in [3.8, 4) is 0 Å². The first kappa shape index (κ1) is 20.5. The highest BCUT2D eigenvalue weighted by atomic mass is 19.1. The van der Waals surface area contributed by atoms with Crippen LogP contribution in [0.1, 0.15) is 29.6 Å². The molecule has 2 aromatic rings. The number of hydrogen-bond acceptors (Lipinski definition) is 5. The standard InChI is InChI=1S/C21H19FN4O5/c22-17-7-6-16(10-18(17)26(30)31)25-11-13(9-19(25)27)21(29)24-15-3-1-2-12(8-15)20(28)23-14-4-5-14/h1-3,6-8,10,13-14H,4-5,9,11H2,(H,23,28)(H,24,29). The summed E-state index contributed by atoms with van der Waals surface area (Å²) in [5, 5.41) is 16.5. The summed E-state index contributed by atoms with van der Waals surface area (Å²) >= 11 is 0. The summed E-state index contributed by atoms with van der Waals surface area (Å²) in [5.74, 6) is -2.70. The van der Waals surface area contributed by atoms with Gasteiger partial charge >= 0.3 is 5.69 Å². The molecule has 0 radical (unpaired) electrons. The lowest BCUT2D eigenvalue weighted by Crippen LogP contribution is -2.28. The average molecular weight is 426 g/mol. The van der Waals surface area contributed by atoms with E-state index in [0.29, 0.717) is 11.3 Å². The van der Waals surface area contributed by atoms with E-state index in [2.05, 4.69) is 10.6 Å². The van der Waals surface area contributed by atoms with Crippen LogP contribution in [0.15, 0.2) is 42.5 Å². The van der Waals surface area contributed by atoms with Crippen molar-refractivity contribution in [1.29, 1.82) is 0 Å². The van der Waals surface area contributed by atoms with Crippen LogP contribution in [0, 0.1) is 21.8 Å². The number of carbonyl (C=O) groups excluding carboxylic acids is 3. The smallest absolute Gasteiger partial charge is 0.306 e. The average Bonchev–Trinajstić information content (AvgIpc) is 3.47. The molecule has 2 N–H and O–H groups in total. The normalized spacial score (nSPS) is 18.0. The van der Waals surface area contributed by atoms with Gasteiger partial charge in [-0.2, -0.15) is 4.39 Å². The maximum atomic E-state index is 13.6. The zero-order valence-electron chi connectivity index (χ0n) is 16.3. The topological polar surface area (TPSA) is 122 Å². The van der Waals surface area contributed by atoms with Crippen LogP contribution >= 0.6 is 0 Å². The number of halogens is 1. The van der Waals surface area contributed by atoms with Gasteiger partial charge in [0.2, 0.25) is 17.6 Å². The lowest BCUT2D eigenvalue weighted by atomic mass is 10.1. The van der Waals surface area contributed by atoms with Crippen LogP contribution in [0.5, 0.6) is 0 Å². The highest BCUT2D eigenvalue weighted by Crippen LogP contribution is 2.30. The zero-order valence-corrected chi connectivity index (χ0v) is 16.3. The zero-order chi connectivity index (χ0) is 22.1. The molecule has 160 valence electrons. The molecule has 1 unspecified atom stereocenters. The Balaban J connectivity index is 1.43. The Bertz CT molecular complexity index is 1090. The molecule has 2 fully saturated rings. The maximum Gasteiger partial charge on any atom is 0.306 e. The fourth-order valence-electron chi connectivity index (χ4n) is 3.42. The van der Waals surface area contributed by atoms with Crippen molar-refractivity contribution in [3.05, 3.63) is 64.0 Å². The van der Waals surface area contributed by atoms with Gasteiger partial charge in [-0.3, -0.25) is 24.5 Å². The fourth-order valence-corrected chi connectivity index (χ4v) is 3.42. The van der Waals surface area contributed by atoms with E-state index in [9.17, 15) is 28.9 Å². The highest BCUT2D eigenvalue weighted by Gasteiger charge is 2.36. The molecule has 1 atom stereocenters. The second-order valence-electron chi connectivity index (χ2n) is 7.62. The minimum absolute atomic E-state index is 0.00924. The molecule has 2 aliphatic rings. The Kier molecular flexibility index (Phi) is 5.37. The third-order valence-corrected chi connectivity index (χ3v) is 5.24. The second-order valence-corrected chi connectivity index (χ2v) is 7.62. The van der Waals surface area contributed by atoms with E-state index in [1.54, 1.807) is 24.3 Å². The first-order chi connectivity index (χ1) is 14.8. The van der Waals surface area contributed by atoms with E-state index in [0.717, 1.165) is 25.0 Å². The summed E-state index contributed by atoms with van der Waals surface area (Å²) in [5.41, 5.74) is 0.274. The molecule has 10 heteroatoms. The van der Waals surface area contributed by atoms with Crippen LogP contribution in [-0.4, -0.2) is 35.2 Å². The van der Waals surface area contributed by atoms with Crippen LogP contribution in [0.25, 0.3) is 0 Å². The van der Waals surface area contributed by atoms with Gasteiger partial charge in [0.1, 0.15) is 0 Å². The molecule has 3 amide bonds. The lowest BCUT2D eigenvalue weighted by molar-refractivity contribution is -0.387. The summed E-state index contributed by atoms with van der Waals surface area (Å²) in [4.78, 5) is 48.6. The van der Waals surface area contributed by atoms with Crippen LogP contribution in [0.3, 0.4) is 0 Å². The third kappa shape index (κ3) is 4.52. The number of nitrogens with one attached hydrogen (secondary N) is 2. The van der Waals surface area contributed by atoms with Gasteiger partial charge in [-0.15, -0.1) is 0 Å². The summed E-state index contributed by atoms with van der Waals surface area (Å²) in [6.45, 7) is 0.00924. The molecule has 1 aliphatic carbocycles. The van der Waals surface area contributed by atoms with Gasteiger partial charge < -0.3 is 15.5 Å². The van der Waals surface area contributed by atoms with E-state index >= 15 is 0 Å². The molecule has 0 bridgehead atoms. The van der Waals surface area contributed by atoms with E-state index in [1.165, 1.54) is 11.0 Å². The number of anilines is 2. The van der Waals surface area contributed by atoms with Gasteiger partial charge in [0.25, 0.3) is 5.91 Å². The SMILES string of the molecule is O=C(NC1CC1)c1cccc(NC(=O)C2CC(=O)N(c3ccc(F)c([N+](=O)[O-])c3)C2)c1. The number of carbonyl (C=O) groups is 3. The van der Waals surface area contributed by atoms with Crippen molar-refractivity contribution in [2.24, 2.45) is 5.92 Å². The Morgan fingerprint density at radius 3 is 2.65 bits per heavy atom. The lowest BCUT2D eigenvalue weighted by Gasteiger charge is -2.17. The van der Waals surface area contributed by atoms with Gasteiger partial charge in [0, 0.05) is 36.3 Å². The molecular formula is C21H19FN4O5. The molecular weight excluding hydrogens is 407 g/mol. The van der Waals surface area contributed by atoms with Gasteiger partial charge in [0.05, 0.1) is 16.5 Å². The number of nitro benzene ring substituents is 1. The summed E-state index contributed by atoms with van der Waals surface area (Å²) < 4.78 is 13.6. The van der Waals surface area contributed by atoms with Crippen LogP contribution in [-0.2, 0) is 9.59 Å². The predicted molar refractivity (Wildman–Crippen MR) is 109 cm³/mol. The quantitative estimate of drug-likeness (QED) is 0.543. The molecule has 4 rings (SSSR count). The molecule has 0 spiro atoms. The van der Waals surface area contributed by atoms with Crippen LogP contribution < -0.4 is 15.5 Å². The van der Waals surface area contributed by atoms with Crippen molar-refractivity contribution < 1.29 is 23.7 Å². The number of rotatable bonds is 6. The number of nitrogens with zero attached hydrogens (tertiary/aromatic N) is 2.